The van der Waals surface area contributed by atoms with Gasteiger partial charge < -0.3 is 20.7 Å². The summed E-state index contributed by atoms with van der Waals surface area (Å²) in [7, 11) is 1.73. The van der Waals surface area contributed by atoms with Gasteiger partial charge in [-0.2, -0.15) is 0 Å². The molecule has 0 fully saturated rings. The van der Waals surface area contributed by atoms with Gasteiger partial charge in [-0.3, -0.25) is 9.59 Å². The second kappa shape index (κ2) is 6.38. The fourth-order valence-electron chi connectivity index (χ4n) is 2.03. The molecule has 1 aromatic carbocycles. The molecule has 2 rings (SSSR count). The van der Waals surface area contributed by atoms with Crippen LogP contribution in [0.1, 0.15) is 18.4 Å². The maximum absolute atomic E-state index is 11.8. The van der Waals surface area contributed by atoms with Gasteiger partial charge in [0, 0.05) is 26.6 Å². The molecule has 0 saturated carbocycles. The lowest BCUT2D eigenvalue weighted by Crippen LogP contribution is -2.26. The third-order valence-corrected chi connectivity index (χ3v) is 3.19. The molecule has 1 aliphatic rings. The number of nitrogens with zero attached hydrogens (tertiary/aromatic N) is 1. The molecule has 0 saturated heterocycles. The lowest BCUT2D eigenvalue weighted by atomic mass is 10.1. The van der Waals surface area contributed by atoms with Crippen molar-refractivity contribution in [3.8, 4) is 5.75 Å². The summed E-state index contributed by atoms with van der Waals surface area (Å²) in [6.45, 7) is 1.14. The topological polar surface area (TPSA) is 84.7 Å². The van der Waals surface area contributed by atoms with Crippen LogP contribution in [0.2, 0.25) is 0 Å². The van der Waals surface area contributed by atoms with E-state index in [1.54, 1.807) is 11.9 Å². The van der Waals surface area contributed by atoms with Gasteiger partial charge in [0.1, 0.15) is 5.75 Å². The highest BCUT2D eigenvalue weighted by molar-refractivity contribution is 5.95. The summed E-state index contributed by atoms with van der Waals surface area (Å²) in [6, 6.07) is 5.57. The van der Waals surface area contributed by atoms with Crippen LogP contribution in [0, 0.1) is 0 Å². The summed E-state index contributed by atoms with van der Waals surface area (Å²) in [5.41, 5.74) is 6.97. The Labute approximate surface area is 117 Å². The van der Waals surface area contributed by atoms with E-state index in [-0.39, 0.29) is 11.8 Å². The summed E-state index contributed by atoms with van der Waals surface area (Å²) in [4.78, 5) is 24.8. The van der Waals surface area contributed by atoms with Crippen LogP contribution in [-0.2, 0) is 16.1 Å². The Hall–Kier alpha value is -2.08. The highest BCUT2D eigenvalue weighted by Crippen LogP contribution is 2.31. The second-order valence-corrected chi connectivity index (χ2v) is 4.67. The van der Waals surface area contributed by atoms with Crippen LogP contribution in [0.25, 0.3) is 0 Å². The van der Waals surface area contributed by atoms with E-state index in [0.29, 0.717) is 38.3 Å². The monoisotopic (exact) mass is 277 g/mol. The van der Waals surface area contributed by atoms with Gasteiger partial charge in [-0.05, 0) is 17.7 Å². The van der Waals surface area contributed by atoms with Gasteiger partial charge in [0.2, 0.25) is 11.8 Å². The molecule has 2 amide bonds. The number of hydrogen-bond acceptors (Lipinski definition) is 4. The van der Waals surface area contributed by atoms with E-state index in [1.165, 1.54) is 0 Å². The number of ether oxygens (including phenoxy) is 1. The molecular formula is C14H19N3O3. The van der Waals surface area contributed by atoms with Gasteiger partial charge in [-0.25, -0.2) is 0 Å². The lowest BCUT2D eigenvalue weighted by Gasteiger charge is -2.17. The van der Waals surface area contributed by atoms with Crippen LogP contribution in [0.3, 0.4) is 0 Å². The van der Waals surface area contributed by atoms with Crippen molar-refractivity contribution >= 4 is 17.5 Å². The number of nitrogens with two attached hydrogens (primary N) is 1. The Bertz CT molecular complexity index is 516. The number of hydrogen-bond donors (Lipinski definition) is 2. The van der Waals surface area contributed by atoms with Crippen molar-refractivity contribution in [1.29, 1.82) is 0 Å². The molecule has 0 aliphatic carbocycles. The molecule has 6 heteroatoms. The minimum absolute atomic E-state index is 0.0214. The van der Waals surface area contributed by atoms with E-state index in [0.717, 1.165) is 11.3 Å². The number of carbonyl (C=O) groups is 2. The third-order valence-electron chi connectivity index (χ3n) is 3.19. The maximum atomic E-state index is 11.8. The third kappa shape index (κ3) is 3.27. The van der Waals surface area contributed by atoms with Gasteiger partial charge in [-0.1, -0.05) is 6.07 Å². The van der Waals surface area contributed by atoms with Gasteiger partial charge >= 0.3 is 0 Å². The van der Waals surface area contributed by atoms with E-state index >= 15 is 0 Å². The SMILES string of the molecule is CN1C(=O)CCOc2ccc(CNC(=O)CCN)cc21. The molecule has 3 N–H and O–H groups in total. The normalized spacial score (nSPS) is 14.3. The summed E-state index contributed by atoms with van der Waals surface area (Å²) in [6.07, 6.45) is 0.681. The zero-order valence-electron chi connectivity index (χ0n) is 11.5. The molecule has 0 atom stereocenters. The molecule has 0 radical (unpaired) electrons. The quantitative estimate of drug-likeness (QED) is 0.834. The van der Waals surface area contributed by atoms with Crippen molar-refractivity contribution in [2.75, 3.05) is 25.1 Å². The molecule has 0 aromatic heterocycles. The van der Waals surface area contributed by atoms with Crippen molar-refractivity contribution in [2.24, 2.45) is 5.73 Å². The molecule has 0 unspecified atom stereocenters. The minimum Gasteiger partial charge on any atom is -0.491 e. The first-order valence-electron chi connectivity index (χ1n) is 6.61. The average Bonchev–Trinajstić information content (AvgIpc) is 2.58. The minimum atomic E-state index is -0.0804. The zero-order valence-corrected chi connectivity index (χ0v) is 11.5. The number of amides is 2. The average molecular weight is 277 g/mol. The summed E-state index contributed by atoms with van der Waals surface area (Å²) in [5.74, 6) is 0.631. The first kappa shape index (κ1) is 14.3. The molecule has 1 aromatic rings. The first-order chi connectivity index (χ1) is 9.61. The fourth-order valence-corrected chi connectivity index (χ4v) is 2.03. The molecule has 0 spiro atoms. The zero-order chi connectivity index (χ0) is 14.5. The van der Waals surface area contributed by atoms with Crippen LogP contribution in [0.4, 0.5) is 5.69 Å². The number of anilines is 1. The van der Waals surface area contributed by atoms with Gasteiger partial charge in [0.15, 0.2) is 0 Å². The highest BCUT2D eigenvalue weighted by Gasteiger charge is 2.20. The molecule has 1 aliphatic heterocycles. The highest BCUT2D eigenvalue weighted by atomic mass is 16.5. The number of nitrogens with one attached hydrogen (secondary N) is 1. The van der Waals surface area contributed by atoms with Gasteiger partial charge in [0.25, 0.3) is 0 Å². The number of benzene rings is 1. The first-order valence-corrected chi connectivity index (χ1v) is 6.61. The molecule has 108 valence electrons. The van der Waals surface area contributed by atoms with Crippen molar-refractivity contribution in [2.45, 2.75) is 19.4 Å². The molecule has 20 heavy (non-hydrogen) atoms. The van der Waals surface area contributed by atoms with E-state index in [4.69, 9.17) is 10.5 Å². The van der Waals surface area contributed by atoms with Crippen LogP contribution in [0.5, 0.6) is 5.75 Å². The maximum Gasteiger partial charge on any atom is 0.230 e. The number of fused-ring (bicyclic) bond motifs is 1. The number of carbonyl (C=O) groups excluding carboxylic acids is 2. The molecule has 6 nitrogen and oxygen atoms in total. The Balaban J connectivity index is 2.12. The van der Waals surface area contributed by atoms with E-state index in [2.05, 4.69) is 5.32 Å². The van der Waals surface area contributed by atoms with E-state index in [9.17, 15) is 9.59 Å². The van der Waals surface area contributed by atoms with Crippen LogP contribution >= 0.6 is 0 Å². The molecule has 1 heterocycles. The van der Waals surface area contributed by atoms with Crippen LogP contribution in [0.15, 0.2) is 18.2 Å². The lowest BCUT2D eigenvalue weighted by molar-refractivity contribution is -0.121. The van der Waals surface area contributed by atoms with Crippen molar-refractivity contribution in [3.05, 3.63) is 23.8 Å². The van der Waals surface area contributed by atoms with Crippen molar-refractivity contribution in [1.82, 2.24) is 5.32 Å². The van der Waals surface area contributed by atoms with Crippen LogP contribution in [-0.4, -0.2) is 32.0 Å². The molecular weight excluding hydrogens is 258 g/mol. The Kier molecular flexibility index (Phi) is 4.57. The van der Waals surface area contributed by atoms with E-state index < -0.39 is 0 Å². The Morgan fingerprint density at radius 2 is 2.30 bits per heavy atom. The van der Waals surface area contributed by atoms with E-state index in [1.807, 2.05) is 18.2 Å². The predicted octanol–water partition coefficient (Wildman–Crippen LogP) is 0.397. The molecule has 0 bridgehead atoms. The number of rotatable bonds is 4. The van der Waals surface area contributed by atoms with Crippen LogP contribution < -0.4 is 20.7 Å². The Morgan fingerprint density at radius 1 is 1.50 bits per heavy atom. The standard InChI is InChI=1S/C14H19N3O3/c1-17-11-8-10(9-16-13(18)4-6-15)2-3-12(11)20-7-5-14(17)19/h2-3,8H,4-7,9,15H2,1H3,(H,16,18). The summed E-state index contributed by atoms with van der Waals surface area (Å²) >= 11 is 0. The summed E-state index contributed by atoms with van der Waals surface area (Å²) in [5, 5.41) is 2.79. The van der Waals surface area contributed by atoms with Gasteiger partial charge in [0.05, 0.1) is 18.7 Å². The van der Waals surface area contributed by atoms with Crippen molar-refractivity contribution < 1.29 is 14.3 Å². The Morgan fingerprint density at radius 3 is 3.05 bits per heavy atom. The summed E-state index contributed by atoms with van der Waals surface area (Å²) < 4.78 is 5.54. The smallest absolute Gasteiger partial charge is 0.230 e. The van der Waals surface area contributed by atoms with Crippen molar-refractivity contribution in [3.63, 3.8) is 0 Å². The largest absolute Gasteiger partial charge is 0.491 e. The second-order valence-electron chi connectivity index (χ2n) is 4.67. The predicted molar refractivity (Wildman–Crippen MR) is 75.5 cm³/mol. The fraction of sp³-hybridized carbons (Fsp3) is 0.429. The van der Waals surface area contributed by atoms with Gasteiger partial charge in [-0.15, -0.1) is 0 Å².